The Morgan fingerprint density at radius 1 is 1.13 bits per heavy atom. The number of amides is 1. The van der Waals surface area contributed by atoms with Gasteiger partial charge in [-0.1, -0.05) is 18.2 Å². The van der Waals surface area contributed by atoms with E-state index in [1.54, 1.807) is 0 Å². The Balaban J connectivity index is 1.35. The third-order valence-corrected chi connectivity index (χ3v) is 5.67. The lowest BCUT2D eigenvalue weighted by Gasteiger charge is -2.30. The fourth-order valence-electron chi connectivity index (χ4n) is 4.12. The highest BCUT2D eigenvalue weighted by Crippen LogP contribution is 2.24. The van der Waals surface area contributed by atoms with Gasteiger partial charge in [-0.15, -0.1) is 0 Å². The summed E-state index contributed by atoms with van der Waals surface area (Å²) in [5, 5.41) is 9.94. The van der Waals surface area contributed by atoms with Gasteiger partial charge in [-0.3, -0.25) is 14.2 Å². The third kappa shape index (κ3) is 4.30. The number of carbonyl (C=O) groups excluding carboxylic acids is 1. The first-order valence-corrected chi connectivity index (χ1v) is 10.4. The second-order valence-electron chi connectivity index (χ2n) is 7.72. The summed E-state index contributed by atoms with van der Waals surface area (Å²) < 4.78 is 2.07. The molecule has 7 heteroatoms. The number of pyridine rings is 1. The van der Waals surface area contributed by atoms with Gasteiger partial charge in [0.05, 0.1) is 17.8 Å². The summed E-state index contributed by atoms with van der Waals surface area (Å²) in [7, 11) is 1.83. The van der Waals surface area contributed by atoms with E-state index in [9.17, 15) is 4.79 Å². The van der Waals surface area contributed by atoms with Crippen LogP contribution in [0.5, 0.6) is 0 Å². The van der Waals surface area contributed by atoms with Gasteiger partial charge in [0.15, 0.2) is 0 Å². The maximum Gasteiger partial charge on any atom is 0.253 e. The van der Waals surface area contributed by atoms with Crippen molar-refractivity contribution < 1.29 is 4.79 Å². The van der Waals surface area contributed by atoms with Crippen LogP contribution in [-0.2, 0) is 6.54 Å². The Bertz CT molecular complexity index is 1040. The lowest BCUT2D eigenvalue weighted by atomic mass is 9.91. The molecule has 0 spiro atoms. The van der Waals surface area contributed by atoms with Crippen LogP contribution in [0.25, 0.3) is 5.65 Å². The number of aromatic nitrogens is 2. The van der Waals surface area contributed by atoms with Gasteiger partial charge in [-0.05, 0) is 56.7 Å². The molecule has 1 aliphatic carbocycles. The van der Waals surface area contributed by atoms with Crippen molar-refractivity contribution in [2.24, 2.45) is 4.99 Å². The highest BCUT2D eigenvalue weighted by atomic mass is 16.1. The van der Waals surface area contributed by atoms with Crippen LogP contribution in [-0.4, -0.2) is 41.1 Å². The van der Waals surface area contributed by atoms with Crippen LogP contribution >= 0.6 is 0 Å². The predicted octanol–water partition coefficient (Wildman–Crippen LogP) is 3.73. The number of anilines is 2. The van der Waals surface area contributed by atoms with E-state index in [4.69, 9.17) is 0 Å². The van der Waals surface area contributed by atoms with Gasteiger partial charge in [0.25, 0.3) is 5.91 Å². The average Bonchev–Trinajstić information content (AvgIpc) is 3.19. The quantitative estimate of drug-likeness (QED) is 0.524. The van der Waals surface area contributed by atoms with Crippen molar-refractivity contribution in [3.63, 3.8) is 0 Å². The lowest BCUT2D eigenvalue weighted by Crippen LogP contribution is -2.40. The van der Waals surface area contributed by atoms with Crippen LogP contribution in [0.1, 0.15) is 41.7 Å². The Morgan fingerprint density at radius 3 is 2.67 bits per heavy atom. The van der Waals surface area contributed by atoms with Crippen molar-refractivity contribution in [2.45, 2.75) is 44.3 Å². The first kappa shape index (κ1) is 19.9. The summed E-state index contributed by atoms with van der Waals surface area (Å²) in [4.78, 5) is 21.2. The molecule has 156 valence electrons. The topological polar surface area (TPSA) is 82.8 Å². The minimum atomic E-state index is -0.0112. The smallest absolute Gasteiger partial charge is 0.253 e. The van der Waals surface area contributed by atoms with E-state index in [-0.39, 0.29) is 11.9 Å². The number of aliphatic imine (C=N–C) groups is 1. The van der Waals surface area contributed by atoms with Gasteiger partial charge in [0, 0.05) is 31.0 Å². The normalized spacial score (nSPS) is 18.7. The van der Waals surface area contributed by atoms with Gasteiger partial charge < -0.3 is 16.0 Å². The van der Waals surface area contributed by atoms with Gasteiger partial charge >= 0.3 is 0 Å². The molecule has 30 heavy (non-hydrogen) atoms. The number of hydrogen-bond donors (Lipinski definition) is 3. The number of benzene rings is 1. The van der Waals surface area contributed by atoms with Crippen LogP contribution in [0, 0.1) is 0 Å². The molecule has 0 saturated heterocycles. The Kier molecular flexibility index (Phi) is 5.97. The molecule has 0 radical (unpaired) electrons. The van der Waals surface area contributed by atoms with E-state index in [0.29, 0.717) is 18.2 Å². The number of fused-ring (bicyclic) bond motifs is 1. The molecule has 1 aromatic carbocycles. The number of hydrogen-bond acceptors (Lipinski definition) is 5. The third-order valence-electron chi connectivity index (χ3n) is 5.67. The summed E-state index contributed by atoms with van der Waals surface area (Å²) in [6, 6.07) is 14.3. The van der Waals surface area contributed by atoms with Crippen LogP contribution in [0.3, 0.4) is 0 Å². The van der Waals surface area contributed by atoms with Crippen molar-refractivity contribution in [3.05, 3.63) is 59.9 Å². The fraction of sp³-hybridized carbons (Fsp3) is 0.348. The second kappa shape index (κ2) is 8.98. The van der Waals surface area contributed by atoms with Crippen LogP contribution < -0.4 is 16.0 Å². The number of carbonyl (C=O) groups is 1. The van der Waals surface area contributed by atoms with Gasteiger partial charge in [-0.2, -0.15) is 0 Å². The first-order chi connectivity index (χ1) is 14.7. The highest BCUT2D eigenvalue weighted by Gasteiger charge is 2.24. The van der Waals surface area contributed by atoms with Gasteiger partial charge in [0.1, 0.15) is 11.5 Å². The molecule has 3 N–H and O–H groups in total. The number of nitrogens with one attached hydrogen (secondary N) is 3. The highest BCUT2D eigenvalue weighted by molar-refractivity contribution is 5.99. The van der Waals surface area contributed by atoms with Gasteiger partial charge in [0.2, 0.25) is 0 Å². The maximum atomic E-state index is 12.7. The fourth-order valence-corrected chi connectivity index (χ4v) is 4.12. The largest absolute Gasteiger partial charge is 0.387 e. The monoisotopic (exact) mass is 404 g/mol. The van der Waals surface area contributed by atoms with E-state index in [1.807, 2.05) is 49.6 Å². The summed E-state index contributed by atoms with van der Waals surface area (Å²) in [6.07, 6.45) is 5.93. The number of para-hydroxylation sites is 1. The summed E-state index contributed by atoms with van der Waals surface area (Å²) in [5.74, 6) is 1.02. The molecule has 0 unspecified atom stereocenters. The van der Waals surface area contributed by atoms with Crippen molar-refractivity contribution in [1.82, 2.24) is 14.7 Å². The molecule has 3 aromatic rings. The van der Waals surface area contributed by atoms with Crippen LogP contribution in [0.15, 0.2) is 53.7 Å². The van der Waals surface area contributed by atoms with Crippen molar-refractivity contribution in [3.8, 4) is 0 Å². The molecule has 1 fully saturated rings. The van der Waals surface area contributed by atoms with E-state index >= 15 is 0 Å². The minimum absolute atomic E-state index is 0.0112. The van der Waals surface area contributed by atoms with Crippen LogP contribution in [0.2, 0.25) is 0 Å². The Labute approximate surface area is 176 Å². The first-order valence-electron chi connectivity index (χ1n) is 10.4. The number of nitrogens with zero attached hydrogens (tertiary/aromatic N) is 3. The summed E-state index contributed by atoms with van der Waals surface area (Å²) in [6.45, 7) is 4.07. The molecule has 0 bridgehead atoms. The molecular formula is C23H28N6O. The Hall–Kier alpha value is -3.35. The average molecular weight is 405 g/mol. The molecule has 2 heterocycles. The zero-order valence-corrected chi connectivity index (χ0v) is 17.3. The molecular weight excluding hydrogens is 376 g/mol. The zero-order chi connectivity index (χ0) is 20.9. The van der Waals surface area contributed by atoms with Crippen molar-refractivity contribution in [1.29, 1.82) is 0 Å². The second-order valence-corrected chi connectivity index (χ2v) is 7.72. The summed E-state index contributed by atoms with van der Waals surface area (Å²) in [5.41, 5.74) is 3.36. The number of imidazole rings is 1. The predicted molar refractivity (Wildman–Crippen MR) is 122 cm³/mol. The van der Waals surface area contributed by atoms with Crippen molar-refractivity contribution >= 4 is 29.8 Å². The molecule has 1 aliphatic rings. The van der Waals surface area contributed by atoms with E-state index < -0.39 is 0 Å². The standard InChI is InChI=1S/C23H28N6O/c1-24-14-18-15-29-21(8-5-9-22(29)27-18)26-16-10-12-17(13-11-16)28-23(30)19-6-3-4-7-20(19)25-2/h3-9,15-17,25-26H,1,10-14H2,2H3,(H,28,30)/t16-,17+. The molecule has 4 rings (SSSR count). The molecule has 2 aromatic heterocycles. The van der Waals surface area contributed by atoms with E-state index in [1.165, 1.54) is 0 Å². The Morgan fingerprint density at radius 2 is 1.90 bits per heavy atom. The van der Waals surface area contributed by atoms with Gasteiger partial charge in [-0.25, -0.2) is 4.98 Å². The molecule has 0 atom stereocenters. The summed E-state index contributed by atoms with van der Waals surface area (Å²) >= 11 is 0. The molecule has 1 saturated carbocycles. The van der Waals surface area contributed by atoms with E-state index in [0.717, 1.165) is 48.5 Å². The minimum Gasteiger partial charge on any atom is -0.387 e. The lowest BCUT2D eigenvalue weighted by molar-refractivity contribution is 0.0927. The van der Waals surface area contributed by atoms with Crippen molar-refractivity contribution in [2.75, 3.05) is 17.7 Å². The van der Waals surface area contributed by atoms with Crippen LogP contribution in [0.4, 0.5) is 11.5 Å². The molecule has 0 aliphatic heterocycles. The zero-order valence-electron chi connectivity index (χ0n) is 17.3. The van der Waals surface area contributed by atoms with E-state index in [2.05, 4.69) is 43.1 Å². The molecule has 7 nitrogen and oxygen atoms in total. The SMILES string of the molecule is C=NCc1cn2c(N[C@H]3CC[C@@H](NC(=O)c4ccccc4NC)CC3)cccc2n1. The molecule has 1 amide bonds. The number of rotatable bonds is 7. The maximum absolute atomic E-state index is 12.7.